The van der Waals surface area contributed by atoms with Gasteiger partial charge in [0.15, 0.2) is 18.7 Å². The molecule has 0 aromatic heterocycles. The predicted octanol–water partition coefficient (Wildman–Crippen LogP) is 6.47. The minimum absolute atomic E-state index is 0.0760. The number of carbonyl (C=O) groups is 3. The first-order valence-electron chi connectivity index (χ1n) is 26.6. The molecule has 5 N–H and O–H groups in total. The molecule has 0 radical (unpaired) electrons. The molecule has 15 unspecified atom stereocenters. The van der Waals surface area contributed by atoms with Crippen LogP contribution in [0.1, 0.15) is 179 Å². The van der Waals surface area contributed by atoms with Gasteiger partial charge in [0.05, 0.1) is 60.3 Å². The Kier molecular flexibility index (Phi) is 27.7. The van der Waals surface area contributed by atoms with Gasteiger partial charge in [-0.3, -0.25) is 18.9 Å². The van der Waals surface area contributed by atoms with Crippen LogP contribution in [-0.4, -0.2) is 168 Å². The van der Waals surface area contributed by atoms with E-state index in [2.05, 4.69) is 11.1 Å². The minimum atomic E-state index is -4.23. The standard InChI is InChI=1S/C40H71NO14.C12H26O4S/c1-15-27-40(11,48)33(44)22(5)30(43)20(3)18-38(9,47)35(55-37-32(53-28(42)16-2)26(41(12)13)17-21(4)50-37)23(6)31(24(7)36(46)52-27)54-29-19-39(10,49-14)34(45)25(8)51-29;1-2-3-4-5-6-7-8-9-10-11-12-16-17(13,14)15/h20-27,29,31-35,37,44-45,47-48H,15-19H2,1-14H3;2-12H2,1H3,(H,13,14,15)/t20?,21?,22?,23?,24?,25?,26?,27?,29?,31?,32?,33?,34?,35?,37?,38-,39-,40-;/m1./s1. The van der Waals surface area contributed by atoms with Crippen LogP contribution in [0.5, 0.6) is 0 Å². The molecule has 0 aromatic carbocycles. The van der Waals surface area contributed by atoms with Crippen molar-refractivity contribution < 1.29 is 85.1 Å². The van der Waals surface area contributed by atoms with E-state index in [9.17, 15) is 43.2 Å². The fourth-order valence-electron chi connectivity index (χ4n) is 10.5. The number of cyclic esters (lactones) is 1. The molecule has 18 atom stereocenters. The van der Waals surface area contributed by atoms with E-state index < -0.39 is 124 Å². The van der Waals surface area contributed by atoms with Crippen LogP contribution < -0.4 is 0 Å². The normalized spacial score (nSPS) is 38.6. The molecule has 0 saturated carbocycles. The Morgan fingerprint density at radius 1 is 0.792 bits per heavy atom. The predicted molar refractivity (Wildman–Crippen MR) is 270 cm³/mol. The average Bonchev–Trinajstić information content (AvgIpc) is 3.30. The SMILES string of the molecule is CCC(=O)OC1C(OC2C(C)C(OC3C[C@@](C)(OC)C(O)C(C)O3)C(C)C(=O)OC(CC)[C@@](C)(O)C(O)C(C)C(=O)C(C)C[C@@]2(C)O)OC(C)CC1N(C)C.CCCCCCCCCCCCOS(=O)(=O)O. The molecule has 3 saturated heterocycles. The van der Waals surface area contributed by atoms with Gasteiger partial charge in [0.25, 0.3) is 0 Å². The molecular weight excluding hydrogens is 959 g/mol. The summed E-state index contributed by atoms with van der Waals surface area (Å²) in [5, 5.41) is 46.6. The average molecular weight is 1060 g/mol. The lowest BCUT2D eigenvalue weighted by molar-refractivity contribution is -0.319. The van der Waals surface area contributed by atoms with Crippen molar-refractivity contribution in [3.05, 3.63) is 0 Å². The van der Waals surface area contributed by atoms with E-state index in [4.69, 9.17) is 37.7 Å². The Balaban J connectivity index is 0.000000887. The van der Waals surface area contributed by atoms with Gasteiger partial charge < -0.3 is 58.5 Å². The quantitative estimate of drug-likeness (QED) is 0.0468. The van der Waals surface area contributed by atoms with E-state index in [0.717, 1.165) is 12.8 Å². The van der Waals surface area contributed by atoms with Crippen molar-refractivity contribution in [2.45, 2.75) is 264 Å². The molecule has 3 aliphatic heterocycles. The van der Waals surface area contributed by atoms with Gasteiger partial charge in [0.1, 0.15) is 23.6 Å². The van der Waals surface area contributed by atoms with E-state index in [0.29, 0.717) is 12.8 Å². The van der Waals surface area contributed by atoms with E-state index in [-0.39, 0.29) is 44.4 Å². The highest BCUT2D eigenvalue weighted by molar-refractivity contribution is 7.80. The van der Waals surface area contributed by atoms with Gasteiger partial charge in [-0.15, -0.1) is 0 Å². The van der Waals surface area contributed by atoms with Crippen molar-refractivity contribution in [2.24, 2.45) is 23.7 Å². The fraction of sp³-hybridized carbons (Fsp3) is 0.942. The molecule has 3 heterocycles. The monoisotopic (exact) mass is 1060 g/mol. The lowest BCUT2D eigenvalue weighted by atomic mass is 9.74. The third-order valence-electron chi connectivity index (χ3n) is 15.1. The van der Waals surface area contributed by atoms with Crippen molar-refractivity contribution in [1.29, 1.82) is 0 Å². The van der Waals surface area contributed by atoms with Crippen LogP contribution in [-0.2, 0) is 62.1 Å². The van der Waals surface area contributed by atoms with Gasteiger partial charge in [-0.1, -0.05) is 99.3 Å². The van der Waals surface area contributed by atoms with E-state index in [1.54, 1.807) is 48.5 Å². The number of Topliss-reactive ketones (excluding diaryl/α,β-unsaturated/α-hetero) is 1. The molecule has 0 amide bonds. The smallest absolute Gasteiger partial charge is 0.397 e. The van der Waals surface area contributed by atoms with Gasteiger partial charge in [-0.2, -0.15) is 8.42 Å². The lowest BCUT2D eigenvalue weighted by Gasteiger charge is -2.49. The number of methoxy groups -OCH3 is 1. The Bertz CT molecular complexity index is 1730. The second-order valence-electron chi connectivity index (χ2n) is 21.7. The van der Waals surface area contributed by atoms with Gasteiger partial charge in [0.2, 0.25) is 0 Å². The Hall–Kier alpha value is -1.92. The molecule has 0 aliphatic carbocycles. The first-order chi connectivity index (χ1) is 33.4. The molecule has 0 bridgehead atoms. The summed E-state index contributed by atoms with van der Waals surface area (Å²) in [6.45, 7) is 20.3. The highest BCUT2D eigenvalue weighted by atomic mass is 32.3. The molecule has 424 valence electrons. The number of carbonyl (C=O) groups excluding carboxylic acids is 3. The first-order valence-corrected chi connectivity index (χ1v) is 28.0. The van der Waals surface area contributed by atoms with Crippen LogP contribution in [0.25, 0.3) is 0 Å². The van der Waals surface area contributed by atoms with Crippen molar-refractivity contribution in [1.82, 2.24) is 4.90 Å². The first kappa shape index (κ1) is 66.2. The maximum Gasteiger partial charge on any atom is 0.397 e. The third-order valence-corrected chi connectivity index (χ3v) is 15.5. The number of nitrogens with zero attached hydrogens (tertiary/aromatic N) is 1. The number of aliphatic hydroxyl groups is 4. The molecule has 0 aromatic rings. The lowest BCUT2D eigenvalue weighted by Crippen LogP contribution is -2.61. The molecule has 3 fully saturated rings. The van der Waals surface area contributed by atoms with Gasteiger partial charge >= 0.3 is 22.3 Å². The van der Waals surface area contributed by atoms with Gasteiger partial charge in [-0.25, -0.2) is 4.18 Å². The van der Waals surface area contributed by atoms with Gasteiger partial charge in [0, 0.05) is 37.7 Å². The van der Waals surface area contributed by atoms with Crippen molar-refractivity contribution in [3.8, 4) is 0 Å². The summed E-state index contributed by atoms with van der Waals surface area (Å²) < 4.78 is 76.6. The summed E-state index contributed by atoms with van der Waals surface area (Å²) in [6, 6.07) is -0.319. The van der Waals surface area contributed by atoms with Crippen LogP contribution >= 0.6 is 0 Å². The number of hydrogen-bond acceptors (Lipinski definition) is 18. The summed E-state index contributed by atoms with van der Waals surface area (Å²) in [5.74, 6) is -5.59. The minimum Gasteiger partial charge on any atom is -0.459 e. The molecule has 20 heteroatoms. The van der Waals surface area contributed by atoms with Crippen LogP contribution in [0.15, 0.2) is 0 Å². The highest BCUT2D eigenvalue weighted by Gasteiger charge is 2.54. The van der Waals surface area contributed by atoms with Crippen LogP contribution in [0.2, 0.25) is 0 Å². The van der Waals surface area contributed by atoms with Crippen LogP contribution in [0.4, 0.5) is 0 Å². The second kappa shape index (κ2) is 30.1. The van der Waals surface area contributed by atoms with E-state index >= 15 is 0 Å². The third kappa shape index (κ3) is 19.6. The Labute approximate surface area is 432 Å². The molecule has 19 nitrogen and oxygen atoms in total. The zero-order valence-electron chi connectivity index (χ0n) is 46.4. The number of aliphatic hydroxyl groups excluding tert-OH is 2. The van der Waals surface area contributed by atoms with E-state index in [1.807, 2.05) is 25.9 Å². The number of rotatable bonds is 21. The summed E-state index contributed by atoms with van der Waals surface area (Å²) >= 11 is 0. The van der Waals surface area contributed by atoms with Crippen LogP contribution in [0, 0.1) is 23.7 Å². The number of unbranched alkanes of at least 4 members (excludes halogenated alkanes) is 9. The molecule has 3 aliphatic rings. The number of likely N-dealkylation sites (N-methyl/N-ethyl adjacent to an activating group) is 1. The van der Waals surface area contributed by atoms with Crippen molar-refractivity contribution >= 4 is 28.1 Å². The molecule has 72 heavy (non-hydrogen) atoms. The van der Waals surface area contributed by atoms with E-state index in [1.165, 1.54) is 72.8 Å². The van der Waals surface area contributed by atoms with Crippen molar-refractivity contribution in [3.63, 3.8) is 0 Å². The van der Waals surface area contributed by atoms with Crippen LogP contribution in [0.3, 0.4) is 0 Å². The van der Waals surface area contributed by atoms with Gasteiger partial charge in [-0.05, 0) is 81.3 Å². The number of esters is 2. The summed E-state index contributed by atoms with van der Waals surface area (Å²) in [5.41, 5.74) is -4.92. The molecular formula is C52H97NO18S. The maximum absolute atomic E-state index is 14.2. The second-order valence-corrected chi connectivity index (χ2v) is 22.8. The zero-order valence-corrected chi connectivity index (χ0v) is 47.2. The molecule has 3 rings (SSSR count). The Morgan fingerprint density at radius 3 is 1.88 bits per heavy atom. The summed E-state index contributed by atoms with van der Waals surface area (Å²) in [4.78, 5) is 42.9. The maximum atomic E-state index is 14.2. The zero-order chi connectivity index (χ0) is 54.9. The number of hydrogen-bond donors (Lipinski definition) is 5. The summed E-state index contributed by atoms with van der Waals surface area (Å²) in [7, 11) is 0.973. The number of ether oxygens (including phenoxy) is 7. The van der Waals surface area contributed by atoms with Crippen molar-refractivity contribution in [2.75, 3.05) is 27.8 Å². The topological polar surface area (TPSA) is 264 Å². The number of ketones is 1. The molecule has 0 spiro atoms. The fourth-order valence-corrected chi connectivity index (χ4v) is 10.8. The highest BCUT2D eigenvalue weighted by Crippen LogP contribution is 2.41. The largest absolute Gasteiger partial charge is 0.459 e. The summed E-state index contributed by atoms with van der Waals surface area (Å²) in [6.07, 6.45) is 2.17. The Morgan fingerprint density at radius 2 is 1.36 bits per heavy atom.